The third-order valence-electron chi connectivity index (χ3n) is 3.99. The van der Waals surface area contributed by atoms with Crippen molar-refractivity contribution in [1.29, 1.82) is 0 Å². The molecule has 2 aromatic carbocycles. The van der Waals surface area contributed by atoms with Crippen LogP contribution >= 0.6 is 0 Å². The Hall–Kier alpha value is -2.99. The Labute approximate surface area is 145 Å². The first kappa shape index (κ1) is 16.9. The van der Waals surface area contributed by atoms with Crippen LogP contribution in [0.2, 0.25) is 0 Å². The number of benzene rings is 2. The highest BCUT2D eigenvalue weighted by Crippen LogP contribution is 2.30. The predicted octanol–water partition coefficient (Wildman–Crippen LogP) is 2.25. The fourth-order valence-corrected chi connectivity index (χ4v) is 2.78. The maximum absolute atomic E-state index is 12.6. The summed E-state index contributed by atoms with van der Waals surface area (Å²) < 4.78 is 4.95. The number of imide groups is 1. The molecule has 3 amide bonds. The van der Waals surface area contributed by atoms with E-state index in [1.165, 1.54) is 0 Å². The number of nitrogens with zero attached hydrogens (tertiary/aromatic N) is 1. The molecule has 3 rings (SSSR count). The molecule has 2 aromatic rings. The summed E-state index contributed by atoms with van der Waals surface area (Å²) in [7, 11) is 1.60. The van der Waals surface area contributed by atoms with Crippen molar-refractivity contribution in [3.05, 3.63) is 65.2 Å². The van der Waals surface area contributed by atoms with Gasteiger partial charge in [-0.2, -0.15) is 0 Å². The van der Waals surface area contributed by atoms with Crippen LogP contribution in [0.1, 0.15) is 37.5 Å². The highest BCUT2D eigenvalue weighted by Gasteiger charge is 2.37. The minimum absolute atomic E-state index is 0.287. The molecule has 0 spiro atoms. The van der Waals surface area contributed by atoms with Gasteiger partial charge >= 0.3 is 0 Å². The molecule has 0 bridgehead atoms. The molecular weight excluding hydrogens is 320 g/mol. The van der Waals surface area contributed by atoms with Crippen LogP contribution in [0, 0.1) is 0 Å². The smallest absolute Gasteiger partial charge is 0.266 e. The third-order valence-corrected chi connectivity index (χ3v) is 3.99. The number of ether oxygens (including phenoxy) is 1. The second-order valence-corrected chi connectivity index (χ2v) is 5.61. The van der Waals surface area contributed by atoms with Crippen LogP contribution in [0.15, 0.2) is 48.5 Å². The number of nitrogens with one attached hydrogen (secondary N) is 1. The number of anilines is 1. The average molecular weight is 338 g/mol. The number of rotatable bonds is 6. The lowest BCUT2D eigenvalue weighted by Gasteiger charge is -2.17. The quantitative estimate of drug-likeness (QED) is 0.647. The first-order chi connectivity index (χ1) is 12.1. The Kier molecular flexibility index (Phi) is 4.90. The second kappa shape index (κ2) is 7.27. The van der Waals surface area contributed by atoms with Gasteiger partial charge in [-0.1, -0.05) is 24.3 Å². The van der Waals surface area contributed by atoms with E-state index in [9.17, 15) is 14.4 Å². The topological polar surface area (TPSA) is 75.7 Å². The summed E-state index contributed by atoms with van der Waals surface area (Å²) in [4.78, 5) is 38.8. The van der Waals surface area contributed by atoms with E-state index in [4.69, 9.17) is 4.74 Å². The number of hydrogen-bond donors (Lipinski definition) is 1. The fourth-order valence-electron chi connectivity index (χ4n) is 2.78. The standard InChI is InChI=1S/C19H18N2O4/c1-25-12-6-11-20-17(22)15-9-4-5-10-16(15)21-18(23)13-7-2-3-8-14(13)19(21)24/h2-5,7-10H,6,11-12H2,1H3,(H,20,22). The highest BCUT2D eigenvalue weighted by molar-refractivity contribution is 6.35. The highest BCUT2D eigenvalue weighted by atomic mass is 16.5. The summed E-state index contributed by atoms with van der Waals surface area (Å²) in [5, 5.41) is 2.78. The molecule has 0 saturated heterocycles. The zero-order chi connectivity index (χ0) is 17.8. The van der Waals surface area contributed by atoms with Gasteiger partial charge in [0.25, 0.3) is 17.7 Å². The molecule has 6 nitrogen and oxygen atoms in total. The van der Waals surface area contributed by atoms with Gasteiger partial charge in [-0.3, -0.25) is 14.4 Å². The maximum atomic E-state index is 12.6. The molecule has 1 aliphatic heterocycles. The molecule has 0 saturated carbocycles. The minimum Gasteiger partial charge on any atom is -0.385 e. The van der Waals surface area contributed by atoms with Gasteiger partial charge in [-0.15, -0.1) is 0 Å². The van der Waals surface area contributed by atoms with Crippen molar-refractivity contribution in [2.45, 2.75) is 6.42 Å². The summed E-state index contributed by atoms with van der Waals surface area (Å²) in [5.74, 6) is -1.16. The molecule has 0 unspecified atom stereocenters. The average Bonchev–Trinajstić information content (AvgIpc) is 2.90. The van der Waals surface area contributed by atoms with Gasteiger partial charge in [0.1, 0.15) is 0 Å². The minimum atomic E-state index is -0.416. The SMILES string of the molecule is COCCCNC(=O)c1ccccc1N1C(=O)c2ccccc2C1=O. The molecule has 6 heteroatoms. The number of methoxy groups -OCH3 is 1. The Morgan fingerprint density at radius 2 is 1.60 bits per heavy atom. The first-order valence-electron chi connectivity index (χ1n) is 7.99. The zero-order valence-electron chi connectivity index (χ0n) is 13.8. The molecule has 0 aliphatic carbocycles. The largest absolute Gasteiger partial charge is 0.385 e. The van der Waals surface area contributed by atoms with E-state index in [2.05, 4.69) is 5.32 Å². The van der Waals surface area contributed by atoms with Crippen molar-refractivity contribution in [2.75, 3.05) is 25.2 Å². The number of hydrogen-bond acceptors (Lipinski definition) is 4. The van der Waals surface area contributed by atoms with Crippen LogP contribution in [0.4, 0.5) is 5.69 Å². The van der Waals surface area contributed by atoms with Crippen LogP contribution < -0.4 is 10.2 Å². The summed E-state index contributed by atoms with van der Waals surface area (Å²) >= 11 is 0. The Morgan fingerprint density at radius 1 is 1.00 bits per heavy atom. The molecular formula is C19H18N2O4. The van der Waals surface area contributed by atoms with E-state index >= 15 is 0 Å². The number of carbonyl (C=O) groups excluding carboxylic acids is 3. The molecule has 0 radical (unpaired) electrons. The van der Waals surface area contributed by atoms with Gasteiger partial charge in [0.2, 0.25) is 0 Å². The van der Waals surface area contributed by atoms with Crippen LogP contribution in [0.25, 0.3) is 0 Å². The molecule has 0 atom stereocenters. The van der Waals surface area contributed by atoms with Crippen molar-refractivity contribution in [3.8, 4) is 0 Å². The molecule has 128 valence electrons. The monoisotopic (exact) mass is 338 g/mol. The molecule has 1 heterocycles. The van der Waals surface area contributed by atoms with E-state index in [1.807, 2.05) is 0 Å². The summed E-state index contributed by atoms with van der Waals surface area (Å²) in [6.07, 6.45) is 0.678. The molecule has 25 heavy (non-hydrogen) atoms. The fraction of sp³-hybridized carbons (Fsp3) is 0.211. The number of fused-ring (bicyclic) bond motifs is 1. The van der Waals surface area contributed by atoms with Crippen molar-refractivity contribution in [2.24, 2.45) is 0 Å². The Bertz CT molecular complexity index is 797. The molecule has 0 fully saturated rings. The molecule has 1 N–H and O–H groups in total. The van der Waals surface area contributed by atoms with Crippen molar-refractivity contribution < 1.29 is 19.1 Å². The lowest BCUT2D eigenvalue weighted by atomic mass is 10.1. The van der Waals surface area contributed by atoms with E-state index in [0.29, 0.717) is 30.7 Å². The molecule has 1 aliphatic rings. The van der Waals surface area contributed by atoms with Crippen LogP contribution in [-0.2, 0) is 4.74 Å². The normalized spacial score (nSPS) is 13.1. The van der Waals surface area contributed by atoms with Crippen molar-refractivity contribution in [1.82, 2.24) is 5.32 Å². The summed E-state index contributed by atoms with van der Waals surface area (Å²) in [6, 6.07) is 13.2. The van der Waals surface area contributed by atoms with E-state index in [0.717, 1.165) is 4.90 Å². The van der Waals surface area contributed by atoms with Crippen LogP contribution in [0.3, 0.4) is 0 Å². The third kappa shape index (κ3) is 3.16. The van der Waals surface area contributed by atoms with Gasteiger partial charge in [0, 0.05) is 20.3 Å². The van der Waals surface area contributed by atoms with Gasteiger partial charge in [0.05, 0.1) is 22.4 Å². The second-order valence-electron chi connectivity index (χ2n) is 5.61. The van der Waals surface area contributed by atoms with Gasteiger partial charge in [-0.25, -0.2) is 4.90 Å². The van der Waals surface area contributed by atoms with Crippen LogP contribution in [0.5, 0.6) is 0 Å². The first-order valence-corrected chi connectivity index (χ1v) is 7.99. The van der Waals surface area contributed by atoms with E-state index in [1.54, 1.807) is 55.6 Å². The summed E-state index contributed by atoms with van der Waals surface area (Å²) in [6.45, 7) is 0.990. The van der Waals surface area contributed by atoms with E-state index < -0.39 is 11.8 Å². The van der Waals surface area contributed by atoms with E-state index in [-0.39, 0.29) is 17.2 Å². The Balaban J connectivity index is 1.88. The van der Waals surface area contributed by atoms with Crippen LogP contribution in [-0.4, -0.2) is 38.0 Å². The number of para-hydroxylation sites is 1. The lowest BCUT2D eigenvalue weighted by molar-refractivity contribution is 0.0926. The van der Waals surface area contributed by atoms with Crippen molar-refractivity contribution >= 4 is 23.4 Å². The molecule has 0 aromatic heterocycles. The summed E-state index contributed by atoms with van der Waals surface area (Å²) in [5.41, 5.74) is 1.28. The Morgan fingerprint density at radius 3 is 2.24 bits per heavy atom. The zero-order valence-corrected chi connectivity index (χ0v) is 13.8. The van der Waals surface area contributed by atoms with Gasteiger partial charge < -0.3 is 10.1 Å². The number of carbonyl (C=O) groups is 3. The predicted molar refractivity (Wildman–Crippen MR) is 92.9 cm³/mol. The number of amides is 3. The van der Waals surface area contributed by atoms with Crippen molar-refractivity contribution in [3.63, 3.8) is 0 Å². The van der Waals surface area contributed by atoms with Gasteiger partial charge in [-0.05, 0) is 30.7 Å². The van der Waals surface area contributed by atoms with Gasteiger partial charge in [0.15, 0.2) is 0 Å². The lowest BCUT2D eigenvalue weighted by Crippen LogP contribution is -2.33. The maximum Gasteiger partial charge on any atom is 0.266 e.